The summed E-state index contributed by atoms with van der Waals surface area (Å²) in [5.41, 5.74) is 5.15. The molecule has 104 valence electrons. The van der Waals surface area contributed by atoms with Crippen LogP contribution in [0.3, 0.4) is 0 Å². The van der Waals surface area contributed by atoms with Crippen LogP contribution < -0.4 is 10.5 Å². The van der Waals surface area contributed by atoms with Crippen LogP contribution in [0.15, 0.2) is 24.3 Å². The van der Waals surface area contributed by atoms with Gasteiger partial charge in [-0.1, -0.05) is 12.1 Å². The van der Waals surface area contributed by atoms with E-state index in [1.165, 1.54) is 6.07 Å². The van der Waals surface area contributed by atoms with Crippen molar-refractivity contribution < 1.29 is 18.7 Å². The van der Waals surface area contributed by atoms with E-state index in [1.807, 2.05) is 4.90 Å². The lowest BCUT2D eigenvalue weighted by molar-refractivity contribution is -0.121. The maximum atomic E-state index is 13.4. The molecule has 1 aromatic carbocycles. The van der Waals surface area contributed by atoms with Crippen molar-refractivity contribution in [1.29, 1.82) is 0 Å². The molecule has 0 aliphatic carbocycles. The summed E-state index contributed by atoms with van der Waals surface area (Å²) in [6, 6.07) is 6.23. The highest BCUT2D eigenvalue weighted by atomic mass is 19.1. The number of morpholine rings is 1. The zero-order valence-corrected chi connectivity index (χ0v) is 10.5. The van der Waals surface area contributed by atoms with Gasteiger partial charge < -0.3 is 15.2 Å². The second kappa shape index (κ2) is 6.49. The lowest BCUT2D eigenvalue weighted by Crippen LogP contribution is -2.47. The summed E-state index contributed by atoms with van der Waals surface area (Å²) in [6.07, 6.45) is -0.187. The van der Waals surface area contributed by atoms with Gasteiger partial charge in [0.1, 0.15) is 12.7 Å². The molecule has 0 saturated carbocycles. The topological polar surface area (TPSA) is 64.8 Å². The summed E-state index contributed by atoms with van der Waals surface area (Å²) in [5, 5.41) is 0. The van der Waals surface area contributed by atoms with E-state index in [2.05, 4.69) is 0 Å². The van der Waals surface area contributed by atoms with E-state index in [9.17, 15) is 9.18 Å². The first-order chi connectivity index (χ1) is 9.15. The third-order valence-corrected chi connectivity index (χ3v) is 2.86. The molecule has 0 unspecified atom stereocenters. The molecule has 1 atom stereocenters. The summed E-state index contributed by atoms with van der Waals surface area (Å²) in [5.74, 6) is -0.555. The van der Waals surface area contributed by atoms with Gasteiger partial charge in [-0.3, -0.25) is 9.69 Å². The number of benzene rings is 1. The van der Waals surface area contributed by atoms with Gasteiger partial charge >= 0.3 is 0 Å². The first-order valence-corrected chi connectivity index (χ1v) is 6.15. The molecule has 1 aromatic rings. The smallest absolute Gasteiger partial charge is 0.231 e. The number of amides is 1. The SMILES string of the molecule is NC(=O)CN1CCO[C@@H](COc2ccccc2F)C1. The van der Waals surface area contributed by atoms with Gasteiger partial charge in [-0.25, -0.2) is 4.39 Å². The number of hydrogen-bond donors (Lipinski definition) is 1. The quantitative estimate of drug-likeness (QED) is 0.839. The predicted molar refractivity (Wildman–Crippen MR) is 67.3 cm³/mol. The van der Waals surface area contributed by atoms with Crippen molar-refractivity contribution in [3.8, 4) is 5.75 Å². The molecule has 2 rings (SSSR count). The van der Waals surface area contributed by atoms with E-state index in [1.54, 1.807) is 18.2 Å². The highest BCUT2D eigenvalue weighted by Crippen LogP contribution is 2.16. The molecule has 1 heterocycles. The Labute approximate surface area is 111 Å². The first kappa shape index (κ1) is 13.8. The fourth-order valence-electron chi connectivity index (χ4n) is 1.99. The van der Waals surface area contributed by atoms with Crippen LogP contribution in [0.5, 0.6) is 5.75 Å². The van der Waals surface area contributed by atoms with E-state index in [-0.39, 0.29) is 30.9 Å². The minimum absolute atomic E-state index is 0.187. The minimum atomic E-state index is -0.396. The van der Waals surface area contributed by atoms with Crippen LogP contribution in [0.2, 0.25) is 0 Å². The standard InChI is InChI=1S/C13H17FN2O3/c14-11-3-1-2-4-12(11)19-9-10-7-16(5-6-18-10)8-13(15)17/h1-4,10H,5-9H2,(H2,15,17)/t10-/m1/s1. The van der Waals surface area contributed by atoms with E-state index in [4.69, 9.17) is 15.2 Å². The molecule has 1 aliphatic rings. The van der Waals surface area contributed by atoms with Crippen LogP contribution in [0.25, 0.3) is 0 Å². The fourth-order valence-corrected chi connectivity index (χ4v) is 1.99. The van der Waals surface area contributed by atoms with Crippen LogP contribution in [0.1, 0.15) is 0 Å². The van der Waals surface area contributed by atoms with Crippen LogP contribution in [-0.4, -0.2) is 49.8 Å². The average Bonchev–Trinajstić information content (AvgIpc) is 2.37. The van der Waals surface area contributed by atoms with Crippen molar-refractivity contribution in [2.24, 2.45) is 5.73 Å². The van der Waals surface area contributed by atoms with Crippen molar-refractivity contribution in [2.45, 2.75) is 6.10 Å². The molecular formula is C13H17FN2O3. The maximum Gasteiger partial charge on any atom is 0.231 e. The molecule has 19 heavy (non-hydrogen) atoms. The van der Waals surface area contributed by atoms with Crippen LogP contribution >= 0.6 is 0 Å². The molecule has 0 radical (unpaired) electrons. The lowest BCUT2D eigenvalue weighted by Gasteiger charge is -2.31. The molecule has 2 N–H and O–H groups in total. The Bertz CT molecular complexity index is 442. The number of para-hydroxylation sites is 1. The molecule has 0 bridgehead atoms. The Morgan fingerprint density at radius 3 is 3.05 bits per heavy atom. The van der Waals surface area contributed by atoms with E-state index >= 15 is 0 Å². The number of nitrogens with zero attached hydrogens (tertiary/aromatic N) is 1. The third kappa shape index (κ3) is 4.18. The van der Waals surface area contributed by atoms with Gasteiger partial charge in [0.05, 0.1) is 13.2 Å². The number of hydrogen-bond acceptors (Lipinski definition) is 4. The van der Waals surface area contributed by atoms with Crippen LogP contribution in [0, 0.1) is 5.82 Å². The number of primary amides is 1. The van der Waals surface area contributed by atoms with Gasteiger partial charge in [-0.15, -0.1) is 0 Å². The predicted octanol–water partition coefficient (Wildman–Crippen LogP) is 0.391. The second-order valence-electron chi connectivity index (χ2n) is 4.44. The number of halogens is 1. The van der Waals surface area contributed by atoms with Crippen LogP contribution in [0.4, 0.5) is 4.39 Å². The number of ether oxygens (including phenoxy) is 2. The summed E-state index contributed by atoms with van der Waals surface area (Å²) in [4.78, 5) is 12.8. The lowest BCUT2D eigenvalue weighted by atomic mass is 10.2. The third-order valence-electron chi connectivity index (χ3n) is 2.86. The van der Waals surface area contributed by atoms with E-state index < -0.39 is 5.82 Å². The minimum Gasteiger partial charge on any atom is -0.488 e. The summed E-state index contributed by atoms with van der Waals surface area (Å²) in [6.45, 7) is 2.19. The van der Waals surface area contributed by atoms with Gasteiger partial charge in [0, 0.05) is 13.1 Å². The van der Waals surface area contributed by atoms with Crippen molar-refractivity contribution >= 4 is 5.91 Å². The van der Waals surface area contributed by atoms with Crippen molar-refractivity contribution in [1.82, 2.24) is 4.90 Å². The van der Waals surface area contributed by atoms with E-state index in [0.717, 1.165) is 0 Å². The number of carbonyl (C=O) groups excluding carboxylic acids is 1. The highest BCUT2D eigenvalue weighted by molar-refractivity contribution is 5.75. The summed E-state index contributed by atoms with van der Waals surface area (Å²) < 4.78 is 24.3. The highest BCUT2D eigenvalue weighted by Gasteiger charge is 2.22. The zero-order valence-electron chi connectivity index (χ0n) is 10.5. The summed E-state index contributed by atoms with van der Waals surface area (Å²) >= 11 is 0. The second-order valence-corrected chi connectivity index (χ2v) is 4.44. The van der Waals surface area contributed by atoms with Gasteiger partial charge in [0.25, 0.3) is 0 Å². The zero-order chi connectivity index (χ0) is 13.7. The van der Waals surface area contributed by atoms with Crippen molar-refractivity contribution in [2.75, 3.05) is 32.8 Å². The molecule has 1 aliphatic heterocycles. The normalized spacial score (nSPS) is 20.2. The van der Waals surface area contributed by atoms with Crippen molar-refractivity contribution in [3.63, 3.8) is 0 Å². The Balaban J connectivity index is 1.82. The molecule has 1 fully saturated rings. The molecule has 6 heteroatoms. The van der Waals surface area contributed by atoms with Gasteiger partial charge in [0.15, 0.2) is 11.6 Å². The van der Waals surface area contributed by atoms with Crippen LogP contribution in [-0.2, 0) is 9.53 Å². The van der Waals surface area contributed by atoms with Gasteiger partial charge in [0.2, 0.25) is 5.91 Å². The molecular weight excluding hydrogens is 251 g/mol. The van der Waals surface area contributed by atoms with E-state index in [0.29, 0.717) is 19.7 Å². The molecule has 5 nitrogen and oxygen atoms in total. The average molecular weight is 268 g/mol. The monoisotopic (exact) mass is 268 g/mol. The van der Waals surface area contributed by atoms with Crippen molar-refractivity contribution in [3.05, 3.63) is 30.1 Å². The Morgan fingerprint density at radius 1 is 1.53 bits per heavy atom. The number of nitrogens with two attached hydrogens (primary N) is 1. The number of carbonyl (C=O) groups is 1. The molecule has 0 spiro atoms. The first-order valence-electron chi connectivity index (χ1n) is 6.15. The number of rotatable bonds is 5. The Hall–Kier alpha value is -1.66. The molecule has 1 saturated heterocycles. The van der Waals surface area contributed by atoms with Gasteiger partial charge in [-0.2, -0.15) is 0 Å². The fraction of sp³-hybridized carbons (Fsp3) is 0.462. The largest absolute Gasteiger partial charge is 0.488 e. The maximum absolute atomic E-state index is 13.4. The summed E-state index contributed by atoms with van der Waals surface area (Å²) in [7, 11) is 0. The molecule has 1 amide bonds. The Morgan fingerprint density at radius 2 is 2.32 bits per heavy atom. The van der Waals surface area contributed by atoms with Gasteiger partial charge in [-0.05, 0) is 12.1 Å². The Kier molecular flexibility index (Phi) is 4.70. The molecule has 0 aromatic heterocycles.